The van der Waals surface area contributed by atoms with E-state index in [1.165, 1.54) is 0 Å². The first-order valence-corrected chi connectivity index (χ1v) is 26.3. The molecule has 10 saturated heterocycles. The summed E-state index contributed by atoms with van der Waals surface area (Å²) in [4.78, 5) is 14.4. The number of rotatable bonds is 6. The van der Waals surface area contributed by atoms with Crippen molar-refractivity contribution in [1.29, 1.82) is 0 Å². The molecule has 12 heteroatoms. The Balaban J connectivity index is 0.984. The molecule has 10 rings (SSSR count). The number of methoxy groups -OCH3 is 1. The lowest BCUT2D eigenvalue weighted by Gasteiger charge is -2.47. The molecule has 19 atom stereocenters. The van der Waals surface area contributed by atoms with Gasteiger partial charge in [-0.15, -0.1) is 0 Å². The van der Waals surface area contributed by atoms with Crippen molar-refractivity contribution in [3.8, 4) is 0 Å². The maximum atomic E-state index is 14.4. The first-order chi connectivity index (χ1) is 28.0. The Hall–Kier alpha value is -1.03. The van der Waals surface area contributed by atoms with E-state index < -0.39 is 14.1 Å². The van der Waals surface area contributed by atoms with Crippen molar-refractivity contribution in [2.24, 2.45) is 11.8 Å². The number of fused-ring (bicyclic) bond motifs is 6. The molecule has 10 aliphatic heterocycles. The van der Waals surface area contributed by atoms with E-state index in [9.17, 15) is 4.79 Å². The minimum atomic E-state index is -2.04. The minimum Gasteiger partial charge on any atom is -0.414 e. The first kappa shape index (κ1) is 43.2. The van der Waals surface area contributed by atoms with Crippen LogP contribution in [0.5, 0.6) is 0 Å². The normalized spacial score (nSPS) is 48.2. The van der Waals surface area contributed by atoms with Crippen LogP contribution in [0.25, 0.3) is 0 Å². The van der Waals surface area contributed by atoms with Crippen LogP contribution in [0.15, 0.2) is 24.3 Å². The third-order valence-corrected chi connectivity index (χ3v) is 21.0. The van der Waals surface area contributed by atoms with Crippen molar-refractivity contribution in [3.63, 3.8) is 0 Å². The highest BCUT2D eigenvalue weighted by molar-refractivity contribution is 6.74. The summed E-state index contributed by atoms with van der Waals surface area (Å²) >= 11 is 0. The number of hydrogen-bond acceptors (Lipinski definition) is 11. The van der Waals surface area contributed by atoms with Gasteiger partial charge in [-0.05, 0) is 86.6 Å². The largest absolute Gasteiger partial charge is 0.414 e. The predicted molar refractivity (Wildman–Crippen MR) is 224 cm³/mol. The highest BCUT2D eigenvalue weighted by atomic mass is 28.4. The lowest BCUT2D eigenvalue weighted by molar-refractivity contribution is -0.292. The van der Waals surface area contributed by atoms with Gasteiger partial charge in [-0.1, -0.05) is 47.8 Å². The maximum absolute atomic E-state index is 14.4. The molecule has 0 aliphatic carbocycles. The molecule has 10 fully saturated rings. The fourth-order valence-electron chi connectivity index (χ4n) is 12.1. The molecule has 332 valence electrons. The molecule has 0 amide bonds. The molecule has 6 unspecified atom stereocenters. The van der Waals surface area contributed by atoms with Gasteiger partial charge in [0, 0.05) is 57.7 Å². The number of carbonyl (C=O) groups excluding carboxylic acids is 1. The first-order valence-electron chi connectivity index (χ1n) is 23.4. The topological polar surface area (TPSA) is 109 Å². The monoisotopic (exact) mass is 843 g/mol. The van der Waals surface area contributed by atoms with Crippen LogP contribution in [0, 0.1) is 11.8 Å². The molecule has 0 saturated carbocycles. The van der Waals surface area contributed by atoms with E-state index in [1.807, 2.05) is 0 Å². The summed E-state index contributed by atoms with van der Waals surface area (Å²) in [5.74, 6) is -0.440. The number of carbonyl (C=O) groups is 1. The number of Topliss-reactive ketones (excluding diaryl/α,β-unsaturated/α-hetero) is 1. The van der Waals surface area contributed by atoms with Gasteiger partial charge in [0.1, 0.15) is 36.3 Å². The van der Waals surface area contributed by atoms with Crippen LogP contribution in [0.4, 0.5) is 0 Å². The zero-order valence-corrected chi connectivity index (χ0v) is 38.2. The fourth-order valence-corrected chi connectivity index (χ4v) is 13.5. The second-order valence-corrected chi connectivity index (χ2v) is 26.2. The van der Waals surface area contributed by atoms with E-state index in [-0.39, 0.29) is 114 Å². The summed E-state index contributed by atoms with van der Waals surface area (Å²) in [5, 5.41) is 0.0904. The van der Waals surface area contributed by atoms with Gasteiger partial charge in [-0.25, -0.2) is 0 Å². The summed E-state index contributed by atoms with van der Waals surface area (Å²) < 4.78 is 68.3. The smallest absolute Gasteiger partial charge is 0.192 e. The highest BCUT2D eigenvalue weighted by Crippen LogP contribution is 2.54. The molecule has 1 spiro atoms. The summed E-state index contributed by atoms with van der Waals surface area (Å²) in [5.41, 5.74) is 2.27. The average molecular weight is 843 g/mol. The van der Waals surface area contributed by atoms with Crippen LogP contribution >= 0.6 is 0 Å². The standard InChI is InChI=1S/C47H74O11Si/c1-11-29(58-59(9,10)46(5,6)7)22-38-40(49-8)33-21-28(48)20-31-13-15-35-41(52-31)45-44-43(54-35)42-39(55-44)24-47(56-42,57-45)17-16-32-19-26(3)34(50-32)14-12-30-18-25(2)27(4)36(51-30)23-37(33)53-38/h25,29-45H,3-4,11-24H2,1-2,5-10H3/t25-,29-,30+,31?,32+,33+,34?,35?,36?,37+,38-,39+,40-,41?,42?,43+,44-,45+,47+/m1/s1. The Morgan fingerprint density at radius 3 is 2.25 bits per heavy atom. The average Bonchev–Trinajstić information content (AvgIpc) is 3.85. The van der Waals surface area contributed by atoms with E-state index >= 15 is 0 Å². The van der Waals surface area contributed by atoms with E-state index in [1.54, 1.807) is 7.11 Å². The van der Waals surface area contributed by atoms with Gasteiger partial charge in [-0.2, -0.15) is 0 Å². The lowest BCUT2D eigenvalue weighted by atomic mass is 9.81. The Morgan fingerprint density at radius 2 is 1.49 bits per heavy atom. The molecule has 11 nitrogen and oxygen atoms in total. The maximum Gasteiger partial charge on any atom is 0.192 e. The van der Waals surface area contributed by atoms with E-state index in [2.05, 4.69) is 60.9 Å². The molecule has 0 radical (unpaired) electrons. The Morgan fingerprint density at radius 1 is 0.780 bits per heavy atom. The van der Waals surface area contributed by atoms with Crippen LogP contribution < -0.4 is 0 Å². The molecule has 0 aromatic heterocycles. The van der Waals surface area contributed by atoms with Gasteiger partial charge in [0.05, 0.1) is 61.0 Å². The summed E-state index contributed by atoms with van der Waals surface area (Å²) in [6.45, 7) is 25.0. The second-order valence-electron chi connectivity index (χ2n) is 21.4. The number of ether oxygens (including phenoxy) is 9. The second kappa shape index (κ2) is 16.5. The molecular formula is C47H74O11Si. The van der Waals surface area contributed by atoms with Crippen molar-refractivity contribution in [2.45, 2.75) is 246 Å². The number of hydrogen-bond donors (Lipinski definition) is 0. The SMILES string of the molecule is C=C1C[C@@H]2CC[C@@]34C[C@@H]5O[C@H]6[C@@H](O3)C3OC(CCC3O[C@H]6C5O4)CC(=O)C[C@@H]3[C@@H](OC)[C@@H](C[C@@H](CC)O[Si](C)(C)C(C)(C)C)O[C@H]3CC3O[C@@H](CCC1O2)C[C@@H](C)C3=C. The van der Waals surface area contributed by atoms with Crippen molar-refractivity contribution >= 4 is 14.1 Å². The summed E-state index contributed by atoms with van der Waals surface area (Å²) in [7, 11) is -0.266. The molecule has 0 N–H and O–H groups in total. The molecule has 12 bridgehead atoms. The summed E-state index contributed by atoms with van der Waals surface area (Å²) in [6, 6.07) is 0. The van der Waals surface area contributed by atoms with E-state index in [4.69, 9.17) is 47.1 Å². The van der Waals surface area contributed by atoms with Gasteiger partial charge in [0.25, 0.3) is 0 Å². The van der Waals surface area contributed by atoms with Gasteiger partial charge in [0.15, 0.2) is 14.1 Å². The molecule has 10 aliphatic rings. The van der Waals surface area contributed by atoms with Crippen molar-refractivity contribution in [1.82, 2.24) is 0 Å². The Labute approximate surface area is 354 Å². The Kier molecular flexibility index (Phi) is 12.1. The molecule has 59 heavy (non-hydrogen) atoms. The van der Waals surface area contributed by atoms with Gasteiger partial charge >= 0.3 is 0 Å². The predicted octanol–water partition coefficient (Wildman–Crippen LogP) is 7.92. The van der Waals surface area contributed by atoms with Crippen LogP contribution in [0.3, 0.4) is 0 Å². The van der Waals surface area contributed by atoms with Crippen LogP contribution in [0.1, 0.15) is 125 Å². The van der Waals surface area contributed by atoms with Crippen molar-refractivity contribution in [2.75, 3.05) is 7.11 Å². The number of ketones is 1. The van der Waals surface area contributed by atoms with E-state index in [0.29, 0.717) is 44.4 Å². The van der Waals surface area contributed by atoms with Gasteiger partial charge in [-0.3, -0.25) is 4.79 Å². The van der Waals surface area contributed by atoms with Gasteiger partial charge in [0.2, 0.25) is 0 Å². The quantitative estimate of drug-likeness (QED) is 0.192. The van der Waals surface area contributed by atoms with E-state index in [0.717, 1.165) is 62.5 Å². The van der Waals surface area contributed by atoms with Crippen molar-refractivity contribution < 1.29 is 51.9 Å². The summed E-state index contributed by atoms with van der Waals surface area (Å²) in [6.07, 6.45) is 7.84. The fraction of sp³-hybridized carbons (Fsp3) is 0.894. The van der Waals surface area contributed by atoms with Crippen molar-refractivity contribution in [3.05, 3.63) is 24.3 Å². The molecule has 0 aromatic rings. The van der Waals surface area contributed by atoms with Crippen LogP contribution in [-0.2, 0) is 51.9 Å². The van der Waals surface area contributed by atoms with Crippen LogP contribution in [0.2, 0.25) is 18.1 Å². The zero-order chi connectivity index (χ0) is 41.6. The third kappa shape index (κ3) is 8.30. The van der Waals surface area contributed by atoms with Gasteiger partial charge < -0.3 is 47.1 Å². The minimum absolute atomic E-state index is 0.000872. The molecule has 10 heterocycles. The molecule has 0 aromatic carbocycles. The zero-order valence-electron chi connectivity index (χ0n) is 37.2. The molecular weight excluding hydrogens is 769 g/mol. The Bertz CT molecular complexity index is 1580. The third-order valence-electron chi connectivity index (χ3n) is 16.4. The highest BCUT2D eigenvalue weighted by Gasteiger charge is 2.69. The lowest BCUT2D eigenvalue weighted by Crippen LogP contribution is -2.61. The van der Waals surface area contributed by atoms with Crippen LogP contribution in [-0.4, -0.2) is 125 Å².